The molecule has 0 saturated heterocycles. The SMILES string of the molecule is Cc1csc(C(=O)N2CCc3sccc3C2C(=O)O)c1Cl. The number of thiophene rings is 2. The summed E-state index contributed by atoms with van der Waals surface area (Å²) in [7, 11) is 0. The Morgan fingerprint density at radius 2 is 2.19 bits per heavy atom. The van der Waals surface area contributed by atoms with E-state index in [1.807, 2.05) is 17.7 Å². The number of rotatable bonds is 2. The summed E-state index contributed by atoms with van der Waals surface area (Å²) in [6.45, 7) is 2.23. The van der Waals surface area contributed by atoms with Gasteiger partial charge < -0.3 is 10.0 Å². The molecular weight excluding hydrogens is 330 g/mol. The molecule has 0 radical (unpaired) electrons. The van der Waals surface area contributed by atoms with Gasteiger partial charge in [-0.1, -0.05) is 11.6 Å². The molecule has 2 aromatic heterocycles. The zero-order valence-electron chi connectivity index (χ0n) is 11.1. The first-order valence-corrected chi connectivity index (χ1v) is 8.48. The van der Waals surface area contributed by atoms with Crippen LogP contribution < -0.4 is 0 Å². The first-order chi connectivity index (χ1) is 10.0. The third-order valence-corrected chi connectivity index (χ3v) is 6.24. The van der Waals surface area contributed by atoms with Gasteiger partial charge in [-0.25, -0.2) is 4.79 Å². The molecule has 4 nitrogen and oxygen atoms in total. The first-order valence-electron chi connectivity index (χ1n) is 6.34. The van der Waals surface area contributed by atoms with E-state index in [1.54, 1.807) is 6.07 Å². The van der Waals surface area contributed by atoms with Crippen LogP contribution in [0, 0.1) is 6.92 Å². The van der Waals surface area contributed by atoms with E-state index in [9.17, 15) is 14.7 Å². The molecule has 1 amide bonds. The Morgan fingerprint density at radius 3 is 2.81 bits per heavy atom. The van der Waals surface area contributed by atoms with Crippen molar-refractivity contribution < 1.29 is 14.7 Å². The van der Waals surface area contributed by atoms with Crippen LogP contribution in [0.1, 0.15) is 31.7 Å². The molecule has 7 heteroatoms. The van der Waals surface area contributed by atoms with Crippen molar-refractivity contribution in [1.82, 2.24) is 4.90 Å². The van der Waals surface area contributed by atoms with E-state index < -0.39 is 12.0 Å². The number of carboxylic acids is 1. The minimum Gasteiger partial charge on any atom is -0.479 e. The van der Waals surface area contributed by atoms with Crippen LogP contribution in [0.2, 0.25) is 5.02 Å². The molecular formula is C14H12ClNO3S2. The minimum absolute atomic E-state index is 0.303. The number of amides is 1. The Balaban J connectivity index is 2.00. The first kappa shape index (κ1) is 14.6. The van der Waals surface area contributed by atoms with Gasteiger partial charge >= 0.3 is 5.97 Å². The van der Waals surface area contributed by atoms with E-state index in [0.717, 1.165) is 16.0 Å². The maximum absolute atomic E-state index is 12.7. The topological polar surface area (TPSA) is 57.6 Å². The second-order valence-electron chi connectivity index (χ2n) is 4.85. The Hall–Kier alpha value is -1.37. The number of hydrogen-bond donors (Lipinski definition) is 1. The Morgan fingerprint density at radius 1 is 1.43 bits per heavy atom. The Bertz CT molecular complexity index is 722. The monoisotopic (exact) mass is 341 g/mol. The van der Waals surface area contributed by atoms with E-state index >= 15 is 0 Å². The van der Waals surface area contributed by atoms with Gasteiger partial charge in [0.15, 0.2) is 6.04 Å². The molecule has 0 fully saturated rings. The molecule has 1 aliphatic heterocycles. The summed E-state index contributed by atoms with van der Waals surface area (Å²) in [6, 6.07) is 0.866. The van der Waals surface area contributed by atoms with Crippen LogP contribution in [0.5, 0.6) is 0 Å². The lowest BCUT2D eigenvalue weighted by molar-refractivity contribution is -0.142. The average molecular weight is 342 g/mol. The van der Waals surface area contributed by atoms with E-state index in [4.69, 9.17) is 11.6 Å². The van der Waals surface area contributed by atoms with Gasteiger partial charge in [-0.15, -0.1) is 22.7 Å². The van der Waals surface area contributed by atoms with Crippen LogP contribution in [0.4, 0.5) is 0 Å². The van der Waals surface area contributed by atoms with Gasteiger partial charge in [-0.3, -0.25) is 4.79 Å². The van der Waals surface area contributed by atoms with Gasteiger partial charge in [-0.2, -0.15) is 0 Å². The van der Waals surface area contributed by atoms with Crippen molar-refractivity contribution >= 4 is 46.2 Å². The predicted octanol–water partition coefficient (Wildman–Crippen LogP) is 3.60. The fourth-order valence-corrected chi connectivity index (χ4v) is 4.64. The minimum atomic E-state index is -1.01. The van der Waals surface area contributed by atoms with Gasteiger partial charge in [0, 0.05) is 11.4 Å². The summed E-state index contributed by atoms with van der Waals surface area (Å²) in [5.41, 5.74) is 1.56. The predicted molar refractivity (Wildman–Crippen MR) is 83.5 cm³/mol. The smallest absolute Gasteiger partial charge is 0.331 e. The van der Waals surface area contributed by atoms with Crippen molar-refractivity contribution in [2.24, 2.45) is 0 Å². The molecule has 21 heavy (non-hydrogen) atoms. The summed E-state index contributed by atoms with van der Waals surface area (Å²) >= 11 is 8.95. The number of hydrogen-bond acceptors (Lipinski definition) is 4. The van der Waals surface area contributed by atoms with Crippen molar-refractivity contribution in [3.05, 3.63) is 42.7 Å². The number of nitrogens with zero attached hydrogens (tertiary/aromatic N) is 1. The lowest BCUT2D eigenvalue weighted by Crippen LogP contribution is -2.42. The molecule has 0 spiro atoms. The van der Waals surface area contributed by atoms with Crippen molar-refractivity contribution in [3.63, 3.8) is 0 Å². The highest BCUT2D eigenvalue weighted by Gasteiger charge is 2.38. The zero-order chi connectivity index (χ0) is 15.1. The van der Waals surface area contributed by atoms with Gasteiger partial charge in [0.2, 0.25) is 0 Å². The van der Waals surface area contributed by atoms with Crippen LogP contribution in [-0.2, 0) is 11.2 Å². The second-order valence-corrected chi connectivity index (χ2v) is 7.11. The molecule has 2 aromatic rings. The fourth-order valence-electron chi connectivity index (χ4n) is 2.51. The highest BCUT2D eigenvalue weighted by molar-refractivity contribution is 7.13. The van der Waals surface area contributed by atoms with Gasteiger partial charge in [0.05, 0.1) is 5.02 Å². The molecule has 110 valence electrons. The highest BCUT2D eigenvalue weighted by Crippen LogP contribution is 2.36. The molecule has 0 bridgehead atoms. The number of aryl methyl sites for hydroxylation is 1. The van der Waals surface area contributed by atoms with Crippen LogP contribution >= 0.6 is 34.3 Å². The normalized spacial score (nSPS) is 17.6. The maximum atomic E-state index is 12.7. The van der Waals surface area contributed by atoms with Gasteiger partial charge in [-0.05, 0) is 41.3 Å². The van der Waals surface area contributed by atoms with E-state index in [-0.39, 0.29) is 5.91 Å². The summed E-state index contributed by atoms with van der Waals surface area (Å²) in [4.78, 5) is 27.2. The second kappa shape index (κ2) is 5.44. The van der Waals surface area contributed by atoms with Crippen molar-refractivity contribution in [1.29, 1.82) is 0 Å². The molecule has 3 rings (SSSR count). The van der Waals surface area contributed by atoms with Crippen LogP contribution in [0.25, 0.3) is 0 Å². The van der Waals surface area contributed by atoms with Gasteiger partial charge in [0.25, 0.3) is 5.91 Å². The molecule has 3 heterocycles. The molecule has 1 atom stereocenters. The quantitative estimate of drug-likeness (QED) is 0.908. The van der Waals surface area contributed by atoms with E-state index in [0.29, 0.717) is 22.9 Å². The number of carbonyl (C=O) groups excluding carboxylic acids is 1. The van der Waals surface area contributed by atoms with Crippen LogP contribution in [-0.4, -0.2) is 28.4 Å². The molecule has 1 unspecified atom stereocenters. The highest BCUT2D eigenvalue weighted by atomic mass is 35.5. The third-order valence-electron chi connectivity index (χ3n) is 3.55. The standard InChI is InChI=1S/C14H12ClNO3S2/c1-7-6-21-12(10(7)15)13(17)16-4-2-9-8(3-5-20-9)11(16)14(18)19/h3,5-6,11H,2,4H2,1H3,(H,18,19). The van der Waals surface area contributed by atoms with E-state index in [2.05, 4.69) is 0 Å². The molecule has 1 aliphatic rings. The molecule has 1 N–H and O–H groups in total. The zero-order valence-corrected chi connectivity index (χ0v) is 13.5. The molecule has 0 saturated carbocycles. The molecule has 0 aliphatic carbocycles. The largest absolute Gasteiger partial charge is 0.479 e. The van der Waals surface area contributed by atoms with E-state index in [1.165, 1.54) is 27.6 Å². The maximum Gasteiger partial charge on any atom is 0.331 e. The van der Waals surface area contributed by atoms with Crippen molar-refractivity contribution in [2.75, 3.05) is 6.54 Å². The average Bonchev–Trinajstić information content (AvgIpc) is 3.04. The van der Waals surface area contributed by atoms with Crippen molar-refractivity contribution in [3.8, 4) is 0 Å². The Labute approximate surface area is 134 Å². The number of carboxylic acid groups (broad SMARTS) is 1. The van der Waals surface area contributed by atoms with Crippen LogP contribution in [0.15, 0.2) is 16.8 Å². The number of halogens is 1. The van der Waals surface area contributed by atoms with Crippen LogP contribution in [0.3, 0.4) is 0 Å². The fraction of sp³-hybridized carbons (Fsp3) is 0.286. The lowest BCUT2D eigenvalue weighted by Gasteiger charge is -2.33. The Kier molecular flexibility index (Phi) is 3.77. The van der Waals surface area contributed by atoms with Gasteiger partial charge in [0.1, 0.15) is 4.88 Å². The summed E-state index contributed by atoms with van der Waals surface area (Å²) < 4.78 is 0. The number of carbonyl (C=O) groups is 2. The van der Waals surface area contributed by atoms with Crippen molar-refractivity contribution in [2.45, 2.75) is 19.4 Å². The lowest BCUT2D eigenvalue weighted by atomic mass is 10.00. The summed E-state index contributed by atoms with van der Waals surface area (Å²) in [5, 5.41) is 13.6. The summed E-state index contributed by atoms with van der Waals surface area (Å²) in [6.07, 6.45) is 0.685. The molecule has 0 aromatic carbocycles. The summed E-state index contributed by atoms with van der Waals surface area (Å²) in [5.74, 6) is -1.31. The third kappa shape index (κ3) is 2.37. The number of fused-ring (bicyclic) bond motifs is 1. The number of aliphatic carboxylic acids is 1.